The van der Waals surface area contributed by atoms with Crippen LogP contribution < -0.4 is 10.1 Å². The highest BCUT2D eigenvalue weighted by atomic mass is 19.4. The number of carbonyl (C=O) groups excluding carboxylic acids is 1. The Bertz CT molecular complexity index is 830. The highest BCUT2D eigenvalue weighted by Gasteiger charge is 2.34. The summed E-state index contributed by atoms with van der Waals surface area (Å²) in [5, 5.41) is 11.6. The summed E-state index contributed by atoms with van der Waals surface area (Å²) in [6.45, 7) is 2.25. The number of nitrogens with one attached hydrogen (secondary N) is 1. The van der Waals surface area contributed by atoms with Crippen LogP contribution in [-0.2, 0) is 17.5 Å². The molecule has 0 heterocycles. The Morgan fingerprint density at radius 1 is 1.21 bits per heavy atom. The normalized spacial score (nSPS) is 12.1. The van der Waals surface area contributed by atoms with Crippen molar-refractivity contribution in [3.05, 3.63) is 65.2 Å². The van der Waals surface area contributed by atoms with Gasteiger partial charge < -0.3 is 10.1 Å². The minimum absolute atomic E-state index is 0.0951. The van der Waals surface area contributed by atoms with Crippen molar-refractivity contribution in [2.45, 2.75) is 45.0 Å². The fourth-order valence-corrected chi connectivity index (χ4v) is 2.62. The first-order valence-electron chi connectivity index (χ1n) is 8.94. The van der Waals surface area contributed by atoms with Gasteiger partial charge in [-0.3, -0.25) is 4.79 Å². The van der Waals surface area contributed by atoms with Crippen LogP contribution in [0.5, 0.6) is 5.75 Å². The van der Waals surface area contributed by atoms with Crippen molar-refractivity contribution in [2.75, 3.05) is 0 Å². The molecule has 2 aromatic carbocycles. The Balaban J connectivity index is 2.15. The fourth-order valence-electron chi connectivity index (χ4n) is 2.62. The van der Waals surface area contributed by atoms with E-state index in [9.17, 15) is 18.0 Å². The largest absolute Gasteiger partial charge is 0.481 e. The van der Waals surface area contributed by atoms with Crippen molar-refractivity contribution in [1.29, 1.82) is 5.26 Å². The van der Waals surface area contributed by atoms with Crippen LogP contribution in [0, 0.1) is 11.3 Å². The van der Waals surface area contributed by atoms with Gasteiger partial charge in [-0.05, 0) is 36.6 Å². The molecule has 0 aliphatic rings. The second kappa shape index (κ2) is 9.79. The molecule has 2 aromatic rings. The van der Waals surface area contributed by atoms with Crippen LogP contribution in [-0.4, -0.2) is 12.0 Å². The highest BCUT2D eigenvalue weighted by molar-refractivity contribution is 5.81. The van der Waals surface area contributed by atoms with Crippen LogP contribution >= 0.6 is 0 Å². The van der Waals surface area contributed by atoms with Gasteiger partial charge in [0.1, 0.15) is 5.75 Å². The third-order valence-corrected chi connectivity index (χ3v) is 4.12. The molecule has 0 aromatic heterocycles. The zero-order chi connectivity index (χ0) is 20.6. The monoisotopic (exact) mass is 390 g/mol. The number of hydrogen-bond donors (Lipinski definition) is 1. The molecule has 1 atom stereocenters. The molecule has 148 valence electrons. The smallest absolute Gasteiger partial charge is 0.417 e. The Hall–Kier alpha value is -3.01. The quantitative estimate of drug-likeness (QED) is 0.702. The first kappa shape index (κ1) is 21.3. The van der Waals surface area contributed by atoms with Gasteiger partial charge in [0.2, 0.25) is 0 Å². The zero-order valence-electron chi connectivity index (χ0n) is 15.4. The van der Waals surface area contributed by atoms with Gasteiger partial charge in [-0.25, -0.2) is 0 Å². The van der Waals surface area contributed by atoms with Crippen molar-refractivity contribution in [2.24, 2.45) is 0 Å². The third-order valence-electron chi connectivity index (χ3n) is 4.12. The summed E-state index contributed by atoms with van der Waals surface area (Å²) in [6.07, 6.45) is -3.73. The van der Waals surface area contributed by atoms with Gasteiger partial charge in [-0.1, -0.05) is 43.7 Å². The Morgan fingerprint density at radius 3 is 2.54 bits per heavy atom. The molecular weight excluding hydrogens is 369 g/mol. The third kappa shape index (κ3) is 6.02. The van der Waals surface area contributed by atoms with E-state index in [1.807, 2.05) is 37.3 Å². The van der Waals surface area contributed by atoms with E-state index in [0.717, 1.165) is 24.1 Å². The molecule has 28 heavy (non-hydrogen) atoms. The van der Waals surface area contributed by atoms with E-state index in [4.69, 9.17) is 10.00 Å². The molecular formula is C21H21F3N2O2. The number of nitrogens with zero attached hydrogens (tertiary/aromatic N) is 1. The Morgan fingerprint density at radius 2 is 1.93 bits per heavy atom. The van der Waals surface area contributed by atoms with Crippen LogP contribution in [0.4, 0.5) is 13.2 Å². The van der Waals surface area contributed by atoms with Gasteiger partial charge in [0.25, 0.3) is 5.91 Å². The summed E-state index contributed by atoms with van der Waals surface area (Å²) < 4.78 is 45.0. The maximum absolute atomic E-state index is 13.1. The molecule has 4 nitrogen and oxygen atoms in total. The van der Waals surface area contributed by atoms with Crippen molar-refractivity contribution >= 4 is 5.91 Å². The fraction of sp³-hybridized carbons (Fsp3) is 0.333. The number of rotatable bonds is 8. The second-order valence-corrected chi connectivity index (χ2v) is 6.27. The minimum atomic E-state index is -4.68. The summed E-state index contributed by atoms with van der Waals surface area (Å²) in [7, 11) is 0. The molecule has 1 unspecified atom stereocenters. The van der Waals surface area contributed by atoms with Gasteiger partial charge in [0.15, 0.2) is 6.10 Å². The molecule has 0 radical (unpaired) electrons. The summed E-state index contributed by atoms with van der Waals surface area (Å²) in [4.78, 5) is 12.5. The van der Waals surface area contributed by atoms with E-state index < -0.39 is 29.3 Å². The first-order chi connectivity index (χ1) is 13.3. The van der Waals surface area contributed by atoms with Crippen molar-refractivity contribution in [1.82, 2.24) is 5.32 Å². The molecule has 1 N–H and O–H groups in total. The lowest BCUT2D eigenvalue weighted by Crippen LogP contribution is -2.38. The standard InChI is InChI=1S/C21H21F3N2O2/c1-2-3-9-19(20(27)26-14-15-7-5-4-6-8-15)28-17-11-10-16(13-25)18(12-17)21(22,23)24/h4-8,10-12,19H,2-3,9,14H2,1H3,(H,26,27). The number of nitriles is 1. The average molecular weight is 390 g/mol. The average Bonchev–Trinajstić information content (AvgIpc) is 2.69. The van der Waals surface area contributed by atoms with Crippen molar-refractivity contribution in [3.63, 3.8) is 0 Å². The topological polar surface area (TPSA) is 62.1 Å². The van der Waals surface area contributed by atoms with E-state index >= 15 is 0 Å². The molecule has 1 amide bonds. The van der Waals surface area contributed by atoms with E-state index in [1.54, 1.807) is 0 Å². The lowest BCUT2D eigenvalue weighted by atomic mass is 10.1. The lowest BCUT2D eigenvalue weighted by molar-refractivity contribution is -0.137. The van der Waals surface area contributed by atoms with Crippen LogP contribution in [0.2, 0.25) is 0 Å². The van der Waals surface area contributed by atoms with Gasteiger partial charge in [-0.15, -0.1) is 0 Å². The molecule has 0 fully saturated rings. The molecule has 0 bridgehead atoms. The number of carbonyl (C=O) groups is 1. The Labute approximate surface area is 161 Å². The van der Waals surface area contributed by atoms with Gasteiger partial charge in [0, 0.05) is 6.54 Å². The maximum atomic E-state index is 13.1. The first-order valence-corrected chi connectivity index (χ1v) is 8.94. The second-order valence-electron chi connectivity index (χ2n) is 6.27. The molecule has 7 heteroatoms. The van der Waals surface area contributed by atoms with E-state index in [-0.39, 0.29) is 5.75 Å². The SMILES string of the molecule is CCCCC(Oc1ccc(C#N)c(C(F)(F)F)c1)C(=O)NCc1ccccc1. The predicted molar refractivity (Wildman–Crippen MR) is 98.4 cm³/mol. The van der Waals surface area contributed by atoms with Gasteiger partial charge >= 0.3 is 6.18 Å². The zero-order valence-corrected chi connectivity index (χ0v) is 15.4. The number of ether oxygens (including phenoxy) is 1. The number of halogens is 3. The predicted octanol–water partition coefficient (Wildman–Crippen LogP) is 4.83. The van der Waals surface area contributed by atoms with Crippen LogP contribution in [0.25, 0.3) is 0 Å². The summed E-state index contributed by atoms with van der Waals surface area (Å²) >= 11 is 0. The van der Waals surface area contributed by atoms with Gasteiger partial charge in [-0.2, -0.15) is 18.4 Å². The Kier molecular flexibility index (Phi) is 7.44. The number of benzene rings is 2. The number of alkyl halides is 3. The number of hydrogen-bond acceptors (Lipinski definition) is 3. The summed E-state index contributed by atoms with van der Waals surface area (Å²) in [6, 6.07) is 13.9. The number of amides is 1. The van der Waals surface area contributed by atoms with Crippen LogP contribution in [0.3, 0.4) is 0 Å². The molecule has 0 aliphatic carbocycles. The molecule has 0 aliphatic heterocycles. The van der Waals surface area contributed by atoms with Gasteiger partial charge in [0.05, 0.1) is 17.2 Å². The van der Waals surface area contributed by atoms with E-state index in [1.165, 1.54) is 12.1 Å². The molecule has 0 saturated carbocycles. The van der Waals surface area contributed by atoms with E-state index in [2.05, 4.69) is 5.32 Å². The summed E-state index contributed by atoms with van der Waals surface area (Å²) in [5.41, 5.74) is -0.659. The minimum Gasteiger partial charge on any atom is -0.481 e. The molecule has 0 spiro atoms. The van der Waals surface area contributed by atoms with Crippen molar-refractivity contribution in [3.8, 4) is 11.8 Å². The van der Waals surface area contributed by atoms with Crippen LogP contribution in [0.1, 0.15) is 42.9 Å². The lowest BCUT2D eigenvalue weighted by Gasteiger charge is -2.20. The van der Waals surface area contributed by atoms with E-state index in [0.29, 0.717) is 19.4 Å². The highest BCUT2D eigenvalue weighted by Crippen LogP contribution is 2.34. The molecule has 2 rings (SSSR count). The number of unbranched alkanes of at least 4 members (excludes halogenated alkanes) is 1. The maximum Gasteiger partial charge on any atom is 0.417 e. The van der Waals surface area contributed by atoms with Crippen molar-refractivity contribution < 1.29 is 22.7 Å². The summed E-state index contributed by atoms with van der Waals surface area (Å²) in [5.74, 6) is -0.488. The van der Waals surface area contributed by atoms with Crippen LogP contribution in [0.15, 0.2) is 48.5 Å². The molecule has 0 saturated heterocycles.